The Hall–Kier alpha value is -2.24. The molecule has 0 bridgehead atoms. The minimum atomic E-state index is -4.42. The monoisotopic (exact) mass is 296 g/mol. The first kappa shape index (κ1) is 15.2. The normalized spacial score (nSPS) is 11.5. The van der Waals surface area contributed by atoms with Gasteiger partial charge in [-0.25, -0.2) is 0 Å². The van der Waals surface area contributed by atoms with E-state index in [1.165, 1.54) is 6.07 Å². The summed E-state index contributed by atoms with van der Waals surface area (Å²) in [6.07, 6.45) is -3.77. The first-order chi connectivity index (χ1) is 9.81. The standard InChI is InChI=1S/C15H15F3N2O/c1-3-12-14(6-4-9(2)20-12)21-13-7-5-10(8-11(13)19)15(16,17)18/h4-8H,3,19H2,1-2H3. The van der Waals surface area contributed by atoms with E-state index in [1.807, 2.05) is 13.8 Å². The molecule has 1 aromatic heterocycles. The fourth-order valence-electron chi connectivity index (χ4n) is 1.88. The minimum Gasteiger partial charge on any atom is -0.453 e. The summed E-state index contributed by atoms with van der Waals surface area (Å²) in [5.41, 5.74) is 6.36. The van der Waals surface area contributed by atoms with Crippen LogP contribution in [0.25, 0.3) is 0 Å². The zero-order valence-electron chi connectivity index (χ0n) is 11.7. The number of halogens is 3. The van der Waals surface area contributed by atoms with Gasteiger partial charge in [0.05, 0.1) is 16.9 Å². The van der Waals surface area contributed by atoms with E-state index in [9.17, 15) is 13.2 Å². The van der Waals surface area contributed by atoms with Crippen LogP contribution in [0.2, 0.25) is 0 Å². The molecular formula is C15H15F3N2O. The fraction of sp³-hybridized carbons (Fsp3) is 0.267. The lowest BCUT2D eigenvalue weighted by Gasteiger charge is -2.13. The average molecular weight is 296 g/mol. The largest absolute Gasteiger partial charge is 0.453 e. The topological polar surface area (TPSA) is 48.1 Å². The summed E-state index contributed by atoms with van der Waals surface area (Å²) >= 11 is 0. The number of ether oxygens (including phenoxy) is 1. The first-order valence-corrected chi connectivity index (χ1v) is 6.42. The SMILES string of the molecule is CCc1nc(C)ccc1Oc1ccc(C(F)(F)F)cc1N. The van der Waals surface area contributed by atoms with Crippen LogP contribution in [0.1, 0.15) is 23.9 Å². The van der Waals surface area contributed by atoms with Crippen LogP contribution in [0.4, 0.5) is 18.9 Å². The summed E-state index contributed by atoms with van der Waals surface area (Å²) in [5.74, 6) is 0.679. The molecule has 0 fully saturated rings. The number of rotatable bonds is 3. The Bertz CT molecular complexity index is 654. The number of benzene rings is 1. The second kappa shape index (κ2) is 5.63. The highest BCUT2D eigenvalue weighted by Crippen LogP contribution is 2.35. The lowest BCUT2D eigenvalue weighted by atomic mass is 10.2. The molecule has 0 saturated carbocycles. The predicted molar refractivity (Wildman–Crippen MR) is 74.3 cm³/mol. The molecule has 0 amide bonds. The van der Waals surface area contributed by atoms with Crippen molar-refractivity contribution in [3.05, 3.63) is 47.3 Å². The molecule has 6 heteroatoms. The predicted octanol–water partition coefficient (Wildman–Crippen LogP) is 4.35. The van der Waals surface area contributed by atoms with E-state index >= 15 is 0 Å². The average Bonchev–Trinajstić information content (AvgIpc) is 2.41. The van der Waals surface area contributed by atoms with Gasteiger partial charge in [-0.3, -0.25) is 4.98 Å². The number of nitrogens with two attached hydrogens (primary N) is 1. The summed E-state index contributed by atoms with van der Waals surface area (Å²) in [4.78, 5) is 4.33. The van der Waals surface area contributed by atoms with Crippen molar-refractivity contribution in [1.82, 2.24) is 4.98 Å². The van der Waals surface area contributed by atoms with Crippen molar-refractivity contribution in [2.45, 2.75) is 26.4 Å². The van der Waals surface area contributed by atoms with Crippen LogP contribution >= 0.6 is 0 Å². The number of aryl methyl sites for hydroxylation is 2. The highest BCUT2D eigenvalue weighted by Gasteiger charge is 2.31. The van der Waals surface area contributed by atoms with E-state index in [1.54, 1.807) is 12.1 Å². The highest BCUT2D eigenvalue weighted by atomic mass is 19.4. The van der Waals surface area contributed by atoms with Gasteiger partial charge in [-0.1, -0.05) is 6.92 Å². The van der Waals surface area contributed by atoms with Crippen LogP contribution < -0.4 is 10.5 Å². The molecule has 0 atom stereocenters. The van der Waals surface area contributed by atoms with E-state index in [0.717, 1.165) is 23.5 Å². The van der Waals surface area contributed by atoms with Gasteiger partial charge < -0.3 is 10.5 Å². The van der Waals surface area contributed by atoms with Crippen molar-refractivity contribution in [3.8, 4) is 11.5 Å². The van der Waals surface area contributed by atoms with Gasteiger partial charge in [0.15, 0.2) is 0 Å². The number of anilines is 1. The second-order valence-electron chi connectivity index (χ2n) is 4.60. The first-order valence-electron chi connectivity index (χ1n) is 6.42. The number of hydrogen-bond acceptors (Lipinski definition) is 3. The number of hydrogen-bond donors (Lipinski definition) is 1. The van der Waals surface area contributed by atoms with Gasteiger partial charge in [0, 0.05) is 5.69 Å². The zero-order valence-corrected chi connectivity index (χ0v) is 11.7. The molecule has 0 spiro atoms. The van der Waals surface area contributed by atoms with Gasteiger partial charge in [0.25, 0.3) is 0 Å². The van der Waals surface area contributed by atoms with Crippen molar-refractivity contribution in [2.24, 2.45) is 0 Å². The maximum Gasteiger partial charge on any atom is 0.416 e. The van der Waals surface area contributed by atoms with Crippen LogP contribution in [0, 0.1) is 6.92 Å². The number of alkyl halides is 3. The van der Waals surface area contributed by atoms with Gasteiger partial charge in [-0.2, -0.15) is 13.2 Å². The van der Waals surface area contributed by atoms with E-state index in [4.69, 9.17) is 10.5 Å². The summed E-state index contributed by atoms with van der Waals surface area (Å²) in [7, 11) is 0. The van der Waals surface area contributed by atoms with Gasteiger partial charge in [0.1, 0.15) is 11.5 Å². The third-order valence-electron chi connectivity index (χ3n) is 2.96. The fourth-order valence-corrected chi connectivity index (χ4v) is 1.88. The molecule has 0 saturated heterocycles. The molecule has 0 radical (unpaired) electrons. The molecule has 112 valence electrons. The maximum absolute atomic E-state index is 12.6. The smallest absolute Gasteiger partial charge is 0.416 e. The third-order valence-corrected chi connectivity index (χ3v) is 2.96. The minimum absolute atomic E-state index is 0.0625. The number of aromatic nitrogens is 1. The molecule has 2 aromatic rings. The molecule has 3 nitrogen and oxygen atoms in total. The highest BCUT2D eigenvalue weighted by molar-refractivity contribution is 5.56. The van der Waals surface area contributed by atoms with Crippen molar-refractivity contribution in [1.29, 1.82) is 0 Å². The van der Waals surface area contributed by atoms with Crippen molar-refractivity contribution in [3.63, 3.8) is 0 Å². The van der Waals surface area contributed by atoms with E-state index in [-0.39, 0.29) is 11.4 Å². The van der Waals surface area contributed by atoms with Crippen LogP contribution in [0.5, 0.6) is 11.5 Å². The van der Waals surface area contributed by atoms with Gasteiger partial charge in [-0.15, -0.1) is 0 Å². The van der Waals surface area contributed by atoms with Gasteiger partial charge in [0.2, 0.25) is 0 Å². The van der Waals surface area contributed by atoms with Crippen molar-refractivity contribution in [2.75, 3.05) is 5.73 Å². The lowest BCUT2D eigenvalue weighted by molar-refractivity contribution is -0.137. The van der Waals surface area contributed by atoms with E-state index in [2.05, 4.69) is 4.98 Å². The summed E-state index contributed by atoms with van der Waals surface area (Å²) in [6, 6.07) is 6.53. The summed E-state index contributed by atoms with van der Waals surface area (Å²) in [6.45, 7) is 3.78. The molecule has 0 aliphatic heterocycles. The summed E-state index contributed by atoms with van der Waals surface area (Å²) < 4.78 is 43.3. The molecule has 0 unspecified atom stereocenters. The molecule has 1 aromatic carbocycles. The van der Waals surface area contributed by atoms with E-state index in [0.29, 0.717) is 12.2 Å². The van der Waals surface area contributed by atoms with Crippen LogP contribution in [0.15, 0.2) is 30.3 Å². The van der Waals surface area contributed by atoms with Crippen molar-refractivity contribution >= 4 is 5.69 Å². The molecule has 21 heavy (non-hydrogen) atoms. The van der Waals surface area contributed by atoms with Gasteiger partial charge >= 0.3 is 6.18 Å². The Kier molecular flexibility index (Phi) is 4.06. The molecule has 0 aliphatic rings. The number of nitrogens with zero attached hydrogens (tertiary/aromatic N) is 1. The third kappa shape index (κ3) is 3.45. The van der Waals surface area contributed by atoms with E-state index < -0.39 is 11.7 Å². The van der Waals surface area contributed by atoms with Crippen LogP contribution in [0.3, 0.4) is 0 Å². The Morgan fingerprint density at radius 3 is 2.38 bits per heavy atom. The van der Waals surface area contributed by atoms with Gasteiger partial charge in [-0.05, 0) is 43.7 Å². The van der Waals surface area contributed by atoms with Crippen LogP contribution in [-0.2, 0) is 12.6 Å². The molecule has 1 heterocycles. The Balaban J connectivity index is 2.32. The second-order valence-corrected chi connectivity index (χ2v) is 4.60. The molecule has 2 rings (SSSR count). The molecule has 2 N–H and O–H groups in total. The Morgan fingerprint density at radius 1 is 1.14 bits per heavy atom. The molecule has 0 aliphatic carbocycles. The lowest BCUT2D eigenvalue weighted by Crippen LogP contribution is -2.06. The summed E-state index contributed by atoms with van der Waals surface area (Å²) in [5, 5.41) is 0. The quantitative estimate of drug-likeness (QED) is 0.857. The van der Waals surface area contributed by atoms with Crippen LogP contribution in [-0.4, -0.2) is 4.98 Å². The molecular weight excluding hydrogens is 281 g/mol. The number of nitrogen functional groups attached to an aromatic ring is 1. The Morgan fingerprint density at radius 2 is 1.81 bits per heavy atom. The maximum atomic E-state index is 12.6. The zero-order chi connectivity index (χ0) is 15.6. The Labute approximate surface area is 120 Å². The van der Waals surface area contributed by atoms with Crippen molar-refractivity contribution < 1.29 is 17.9 Å². The number of pyridine rings is 1.